The van der Waals surface area contributed by atoms with E-state index in [1.807, 2.05) is 34.0 Å². The topological polar surface area (TPSA) is 37.4 Å². The third-order valence-electron chi connectivity index (χ3n) is 13.8. The zero-order valence-corrected chi connectivity index (χ0v) is 45.2. The van der Waals surface area contributed by atoms with Gasteiger partial charge in [0.05, 0.1) is 20.9 Å². The largest absolute Gasteiger partial charge is 0.274 e. The Kier molecular flexibility index (Phi) is 25.8. The molecule has 2 amide bonds. The predicted molar refractivity (Wildman–Crippen MR) is 291 cm³/mol. The van der Waals surface area contributed by atoms with Crippen LogP contribution >= 0.6 is 45.3 Å². The summed E-state index contributed by atoms with van der Waals surface area (Å²) in [5.41, 5.74) is 4.13. The minimum Gasteiger partial charge on any atom is -0.274 e. The second-order valence-electron chi connectivity index (χ2n) is 19.6. The summed E-state index contributed by atoms with van der Waals surface area (Å²) in [4.78, 5) is 41.0. The van der Waals surface area contributed by atoms with Crippen molar-refractivity contribution in [3.63, 3.8) is 0 Å². The number of hydrogen-bond acceptors (Lipinski definition) is 6. The van der Waals surface area contributed by atoms with Gasteiger partial charge in [-0.25, -0.2) is 0 Å². The Morgan fingerprint density at radius 3 is 1.17 bits per heavy atom. The second-order valence-corrected chi connectivity index (χ2v) is 24.2. The molecule has 4 aromatic rings. The lowest BCUT2D eigenvalue weighted by Crippen LogP contribution is -2.31. The summed E-state index contributed by atoms with van der Waals surface area (Å²) in [6.07, 6.45) is 43.8. The standard InChI is InChI=1S/C58H89NO2S4/c1-6-9-12-15-18-21-24-25-28-31-34-37-42-59-57(60)51-52(58(59)61)56(65-55(51)53-47(43-46(5)63-53)38-35-32-29-26-22-19-16-13-10-7-2)54-48(44-50(64-54)49-41-40-45(4)62-49)39-36-33-30-27-23-20-17-14-11-8-3/h40-41,43-44H,6-39,42H2,1-5H3. The van der Waals surface area contributed by atoms with E-state index in [4.69, 9.17) is 0 Å². The van der Waals surface area contributed by atoms with E-state index < -0.39 is 0 Å². The van der Waals surface area contributed by atoms with E-state index in [2.05, 4.69) is 58.9 Å². The Bertz CT molecular complexity index is 1940. The molecule has 0 aliphatic carbocycles. The van der Waals surface area contributed by atoms with Crippen LogP contribution in [0.1, 0.15) is 268 Å². The van der Waals surface area contributed by atoms with E-state index in [9.17, 15) is 9.59 Å². The average molecular weight is 961 g/mol. The highest BCUT2D eigenvalue weighted by atomic mass is 32.1. The monoisotopic (exact) mass is 960 g/mol. The molecule has 65 heavy (non-hydrogen) atoms. The van der Waals surface area contributed by atoms with Crippen molar-refractivity contribution in [3.05, 3.63) is 56.3 Å². The fourth-order valence-corrected chi connectivity index (χ4v) is 14.7. The zero-order valence-electron chi connectivity index (χ0n) is 42.0. The molecule has 5 rings (SSSR count). The molecule has 0 bridgehead atoms. The average Bonchev–Trinajstić information content (AvgIpc) is 4.13. The summed E-state index contributed by atoms with van der Waals surface area (Å²) in [5, 5.41) is 0. The van der Waals surface area contributed by atoms with Gasteiger partial charge < -0.3 is 0 Å². The lowest BCUT2D eigenvalue weighted by atomic mass is 10.0. The maximum Gasteiger partial charge on any atom is 0.263 e. The van der Waals surface area contributed by atoms with Crippen LogP contribution in [0.4, 0.5) is 0 Å². The van der Waals surface area contributed by atoms with E-state index in [0.717, 1.165) is 41.9 Å². The summed E-state index contributed by atoms with van der Waals surface area (Å²) in [5.74, 6) is -0.106. The minimum absolute atomic E-state index is 0.0524. The first kappa shape index (κ1) is 53.9. The highest BCUT2D eigenvalue weighted by molar-refractivity contribution is 7.29. The van der Waals surface area contributed by atoms with Gasteiger partial charge in [0.2, 0.25) is 0 Å². The van der Waals surface area contributed by atoms with Crippen LogP contribution in [0.2, 0.25) is 0 Å². The Morgan fingerprint density at radius 2 is 0.754 bits per heavy atom. The van der Waals surface area contributed by atoms with Gasteiger partial charge in [0.25, 0.3) is 11.8 Å². The van der Waals surface area contributed by atoms with Crippen LogP contribution in [0.3, 0.4) is 0 Å². The van der Waals surface area contributed by atoms with Crippen molar-refractivity contribution in [2.24, 2.45) is 0 Å². The number of amides is 2. The lowest BCUT2D eigenvalue weighted by molar-refractivity contribution is 0.0652. The first-order chi connectivity index (χ1) is 31.9. The normalized spacial score (nSPS) is 12.7. The van der Waals surface area contributed by atoms with E-state index >= 15 is 0 Å². The van der Waals surface area contributed by atoms with Gasteiger partial charge in [-0.1, -0.05) is 207 Å². The second kappa shape index (κ2) is 31.1. The van der Waals surface area contributed by atoms with Gasteiger partial charge in [-0.15, -0.1) is 45.3 Å². The Hall–Kier alpha value is -2.06. The molecular formula is C58H89NO2S4. The van der Waals surface area contributed by atoms with Crippen LogP contribution in [0.5, 0.6) is 0 Å². The lowest BCUT2D eigenvalue weighted by Gasteiger charge is -2.15. The van der Waals surface area contributed by atoms with Gasteiger partial charge in [0.15, 0.2) is 0 Å². The van der Waals surface area contributed by atoms with Crippen LogP contribution in [0, 0.1) is 13.8 Å². The fraction of sp³-hybridized carbons (Fsp3) is 0.690. The maximum atomic E-state index is 14.8. The smallest absolute Gasteiger partial charge is 0.263 e. The molecule has 7 heteroatoms. The van der Waals surface area contributed by atoms with Crippen LogP contribution in [-0.4, -0.2) is 23.3 Å². The first-order valence-electron chi connectivity index (χ1n) is 27.2. The number of rotatable bonds is 38. The Labute approximate surface area is 414 Å². The molecule has 0 fully saturated rings. The predicted octanol–water partition coefficient (Wildman–Crippen LogP) is 20.8. The Morgan fingerprint density at radius 1 is 0.369 bits per heavy atom. The van der Waals surface area contributed by atoms with E-state index in [-0.39, 0.29) is 11.8 Å². The molecule has 1 aliphatic heterocycles. The minimum atomic E-state index is -0.0538. The van der Waals surface area contributed by atoms with Crippen molar-refractivity contribution in [1.82, 2.24) is 4.90 Å². The molecule has 0 saturated heterocycles. The van der Waals surface area contributed by atoms with E-state index in [1.54, 1.807) is 16.2 Å². The summed E-state index contributed by atoms with van der Waals surface area (Å²) < 4.78 is 0. The van der Waals surface area contributed by atoms with Gasteiger partial charge in [0, 0.05) is 35.8 Å². The van der Waals surface area contributed by atoms with Crippen molar-refractivity contribution in [2.45, 2.75) is 253 Å². The number of carbonyl (C=O) groups excluding carboxylic acids is 2. The third kappa shape index (κ3) is 17.4. The molecule has 362 valence electrons. The molecule has 5 heterocycles. The quantitative estimate of drug-likeness (QED) is 0.0332. The molecule has 0 unspecified atom stereocenters. The van der Waals surface area contributed by atoms with Crippen LogP contribution in [0.15, 0.2) is 24.3 Å². The van der Waals surface area contributed by atoms with Crippen molar-refractivity contribution < 1.29 is 9.59 Å². The number of fused-ring (bicyclic) bond motifs is 1. The summed E-state index contributed by atoms with van der Waals surface area (Å²) in [6, 6.07) is 9.31. The molecule has 1 aliphatic rings. The van der Waals surface area contributed by atoms with Crippen molar-refractivity contribution in [3.8, 4) is 29.3 Å². The summed E-state index contributed by atoms with van der Waals surface area (Å²) in [6.45, 7) is 11.8. The summed E-state index contributed by atoms with van der Waals surface area (Å²) in [7, 11) is 0. The zero-order chi connectivity index (χ0) is 46.1. The first-order valence-corrected chi connectivity index (χ1v) is 30.5. The van der Waals surface area contributed by atoms with Crippen molar-refractivity contribution >= 4 is 57.2 Å². The van der Waals surface area contributed by atoms with E-state index in [0.29, 0.717) is 17.7 Å². The van der Waals surface area contributed by atoms with Crippen molar-refractivity contribution in [1.29, 1.82) is 0 Å². The number of nitrogens with zero attached hydrogens (tertiary/aromatic N) is 1. The molecule has 0 radical (unpaired) electrons. The van der Waals surface area contributed by atoms with Gasteiger partial charge in [-0.05, 0) is 81.3 Å². The van der Waals surface area contributed by atoms with Crippen LogP contribution < -0.4 is 0 Å². The number of imide groups is 1. The number of unbranched alkanes of at least 4 members (excludes halogenated alkanes) is 29. The number of carbonyl (C=O) groups is 2. The molecule has 4 aromatic heterocycles. The molecule has 0 saturated carbocycles. The molecule has 3 nitrogen and oxygen atoms in total. The van der Waals surface area contributed by atoms with Gasteiger partial charge in [-0.3, -0.25) is 14.5 Å². The molecule has 0 N–H and O–H groups in total. The number of thiophene rings is 4. The van der Waals surface area contributed by atoms with Crippen LogP contribution in [0.25, 0.3) is 29.3 Å². The summed E-state index contributed by atoms with van der Waals surface area (Å²) >= 11 is 7.31. The molecule has 0 atom stereocenters. The number of aryl methyl sites for hydroxylation is 4. The van der Waals surface area contributed by atoms with Crippen molar-refractivity contribution in [2.75, 3.05) is 6.54 Å². The third-order valence-corrected chi connectivity index (χ3v) is 18.8. The highest BCUT2D eigenvalue weighted by Gasteiger charge is 2.43. The maximum absolute atomic E-state index is 14.8. The van der Waals surface area contributed by atoms with Gasteiger partial charge >= 0.3 is 0 Å². The fourth-order valence-electron chi connectivity index (χ4n) is 9.88. The van der Waals surface area contributed by atoms with E-state index in [1.165, 1.54) is 227 Å². The molecule has 0 spiro atoms. The van der Waals surface area contributed by atoms with Gasteiger partial charge in [0.1, 0.15) is 0 Å². The highest BCUT2D eigenvalue weighted by Crippen LogP contribution is 2.53. The van der Waals surface area contributed by atoms with Crippen LogP contribution in [-0.2, 0) is 12.8 Å². The molecule has 0 aromatic carbocycles. The Balaban J connectivity index is 1.33. The molecular weight excluding hydrogens is 871 g/mol. The SMILES string of the molecule is CCCCCCCCCCCCCCN1C(=O)c2c(-c3sc(C)cc3CCCCCCCCCCCC)sc(-c3sc(-c4ccc(C)s4)cc3CCCCCCCCCCCC)c2C1=O. The van der Waals surface area contributed by atoms with Gasteiger partial charge in [-0.2, -0.15) is 0 Å². The number of hydrogen-bond donors (Lipinski definition) is 0.